The summed E-state index contributed by atoms with van der Waals surface area (Å²) in [7, 11) is 0. The first-order valence-corrected chi connectivity index (χ1v) is 7.72. The summed E-state index contributed by atoms with van der Waals surface area (Å²) in [5.74, 6) is 0.0625. The van der Waals surface area contributed by atoms with Crippen LogP contribution in [-0.2, 0) is 0 Å². The molecule has 0 radical (unpaired) electrons. The molecule has 1 amide bonds. The first-order valence-electron chi connectivity index (χ1n) is 6.84. The van der Waals surface area contributed by atoms with E-state index in [4.69, 9.17) is 0 Å². The Balaban J connectivity index is 1.53. The summed E-state index contributed by atoms with van der Waals surface area (Å²) in [6, 6.07) is 9.43. The number of nitrogens with one attached hydrogen (secondary N) is 2. The van der Waals surface area contributed by atoms with Gasteiger partial charge in [0.2, 0.25) is 0 Å². The number of hydrogen-bond acceptors (Lipinski definition) is 3. The van der Waals surface area contributed by atoms with Gasteiger partial charge in [-0.15, -0.1) is 11.3 Å². The lowest BCUT2D eigenvalue weighted by Gasteiger charge is -2.21. The molecule has 3 nitrogen and oxygen atoms in total. The third-order valence-corrected chi connectivity index (χ3v) is 5.23. The van der Waals surface area contributed by atoms with E-state index < -0.39 is 0 Å². The van der Waals surface area contributed by atoms with Gasteiger partial charge < -0.3 is 10.6 Å². The van der Waals surface area contributed by atoms with E-state index in [-0.39, 0.29) is 5.91 Å². The molecule has 2 N–H and O–H groups in total. The van der Waals surface area contributed by atoms with Gasteiger partial charge in [-0.05, 0) is 54.3 Å². The summed E-state index contributed by atoms with van der Waals surface area (Å²) in [5, 5.41) is 9.95. The predicted octanol–water partition coefficient (Wildman–Crippen LogP) is 2.52. The van der Waals surface area contributed by atoms with Crippen LogP contribution in [0.1, 0.15) is 29.6 Å². The third kappa shape index (κ3) is 1.95. The zero-order valence-corrected chi connectivity index (χ0v) is 11.4. The maximum atomic E-state index is 12.3. The molecule has 0 aliphatic carbocycles. The van der Waals surface area contributed by atoms with Crippen molar-refractivity contribution < 1.29 is 4.79 Å². The average molecular weight is 272 g/mol. The van der Waals surface area contributed by atoms with Gasteiger partial charge in [0.25, 0.3) is 5.91 Å². The molecule has 2 aliphatic rings. The molecule has 2 bridgehead atoms. The van der Waals surface area contributed by atoms with E-state index in [0.717, 1.165) is 17.4 Å². The van der Waals surface area contributed by atoms with Crippen molar-refractivity contribution in [1.29, 1.82) is 0 Å². The average Bonchev–Trinajstić information content (AvgIpc) is 3.13. The van der Waals surface area contributed by atoms with Gasteiger partial charge in [-0.25, -0.2) is 0 Å². The second-order valence-electron chi connectivity index (χ2n) is 5.54. The fourth-order valence-corrected chi connectivity index (χ4v) is 4.11. The Morgan fingerprint density at radius 1 is 1.32 bits per heavy atom. The van der Waals surface area contributed by atoms with Crippen molar-refractivity contribution in [2.45, 2.75) is 37.4 Å². The number of thiophene rings is 1. The van der Waals surface area contributed by atoms with Crippen LogP contribution in [0.15, 0.2) is 29.6 Å². The van der Waals surface area contributed by atoms with E-state index in [9.17, 15) is 4.79 Å². The van der Waals surface area contributed by atoms with Crippen molar-refractivity contribution in [1.82, 2.24) is 10.6 Å². The fraction of sp³-hybridized carbons (Fsp3) is 0.400. The van der Waals surface area contributed by atoms with Crippen LogP contribution in [0.4, 0.5) is 0 Å². The molecule has 19 heavy (non-hydrogen) atoms. The number of amides is 1. The molecule has 98 valence electrons. The Morgan fingerprint density at radius 3 is 3.05 bits per heavy atom. The molecule has 4 heteroatoms. The van der Waals surface area contributed by atoms with Gasteiger partial charge >= 0.3 is 0 Å². The Kier molecular flexibility index (Phi) is 2.60. The van der Waals surface area contributed by atoms with Crippen LogP contribution >= 0.6 is 11.3 Å². The number of carbonyl (C=O) groups is 1. The quantitative estimate of drug-likeness (QED) is 0.882. The number of rotatable bonds is 2. The van der Waals surface area contributed by atoms with Crippen LogP contribution in [-0.4, -0.2) is 24.0 Å². The predicted molar refractivity (Wildman–Crippen MR) is 77.6 cm³/mol. The molecular weight excluding hydrogens is 256 g/mol. The Hall–Kier alpha value is -1.39. The molecule has 2 unspecified atom stereocenters. The Labute approximate surface area is 116 Å². The van der Waals surface area contributed by atoms with Crippen LogP contribution in [0.2, 0.25) is 0 Å². The third-order valence-electron chi connectivity index (χ3n) is 4.33. The second-order valence-corrected chi connectivity index (χ2v) is 6.48. The van der Waals surface area contributed by atoms with Gasteiger partial charge in [0, 0.05) is 28.4 Å². The highest BCUT2D eigenvalue weighted by molar-refractivity contribution is 7.17. The first kappa shape index (κ1) is 11.4. The van der Waals surface area contributed by atoms with Crippen molar-refractivity contribution in [3.8, 4) is 0 Å². The minimum absolute atomic E-state index is 0.0625. The van der Waals surface area contributed by atoms with Gasteiger partial charge in [-0.2, -0.15) is 0 Å². The molecule has 2 fully saturated rings. The van der Waals surface area contributed by atoms with Gasteiger partial charge in [-0.3, -0.25) is 4.79 Å². The minimum Gasteiger partial charge on any atom is -0.348 e. The molecule has 4 rings (SSSR count). The van der Waals surface area contributed by atoms with Crippen molar-refractivity contribution in [2.75, 3.05) is 0 Å². The lowest BCUT2D eigenvalue weighted by molar-refractivity contribution is 0.0931. The highest BCUT2D eigenvalue weighted by Gasteiger charge is 2.39. The van der Waals surface area contributed by atoms with Crippen molar-refractivity contribution >= 4 is 27.3 Å². The van der Waals surface area contributed by atoms with E-state index in [2.05, 4.69) is 22.1 Å². The SMILES string of the molecule is O=C(N[C@@H]1CC2CCC1N2)c1ccc2sccc2c1. The Morgan fingerprint density at radius 2 is 2.26 bits per heavy atom. The van der Waals surface area contributed by atoms with E-state index >= 15 is 0 Å². The molecule has 2 aromatic rings. The minimum atomic E-state index is 0.0625. The molecule has 1 aromatic heterocycles. The van der Waals surface area contributed by atoms with Crippen LogP contribution in [0.3, 0.4) is 0 Å². The zero-order valence-electron chi connectivity index (χ0n) is 10.6. The topological polar surface area (TPSA) is 41.1 Å². The van der Waals surface area contributed by atoms with Gasteiger partial charge in [0.15, 0.2) is 0 Å². The molecule has 0 saturated carbocycles. The summed E-state index contributed by atoms with van der Waals surface area (Å²) >= 11 is 1.71. The summed E-state index contributed by atoms with van der Waals surface area (Å²) in [6.45, 7) is 0. The monoisotopic (exact) mass is 272 g/mol. The Bertz CT molecular complexity index is 636. The molecule has 0 spiro atoms. The molecule has 3 heterocycles. The van der Waals surface area contributed by atoms with Gasteiger partial charge in [0.1, 0.15) is 0 Å². The van der Waals surface area contributed by atoms with Crippen LogP contribution < -0.4 is 10.6 Å². The van der Waals surface area contributed by atoms with Crippen LogP contribution in [0.25, 0.3) is 10.1 Å². The highest BCUT2D eigenvalue weighted by Crippen LogP contribution is 2.28. The number of benzene rings is 1. The lowest BCUT2D eigenvalue weighted by Crippen LogP contribution is -2.42. The number of carbonyl (C=O) groups excluding carboxylic acids is 1. The summed E-state index contributed by atoms with van der Waals surface area (Å²) in [6.07, 6.45) is 3.54. The maximum Gasteiger partial charge on any atom is 0.251 e. The van der Waals surface area contributed by atoms with Crippen molar-refractivity contribution in [2.24, 2.45) is 0 Å². The molecular formula is C15H16N2OS. The second kappa shape index (κ2) is 4.32. The zero-order chi connectivity index (χ0) is 12.8. The molecule has 2 aliphatic heterocycles. The van der Waals surface area contributed by atoms with E-state index in [1.54, 1.807) is 11.3 Å². The van der Waals surface area contributed by atoms with Crippen molar-refractivity contribution in [3.63, 3.8) is 0 Å². The first-order chi connectivity index (χ1) is 9.29. The standard InChI is InChI=1S/C15H16N2OS/c18-15(17-13-8-11-2-3-12(13)16-11)10-1-4-14-9(7-10)5-6-19-14/h1,4-7,11-13,16H,2-3,8H2,(H,17,18)/t11?,12?,13-/m1/s1. The smallest absolute Gasteiger partial charge is 0.251 e. The fourth-order valence-electron chi connectivity index (χ4n) is 3.34. The van der Waals surface area contributed by atoms with E-state index in [0.29, 0.717) is 18.1 Å². The van der Waals surface area contributed by atoms with Crippen molar-refractivity contribution in [3.05, 3.63) is 35.2 Å². The van der Waals surface area contributed by atoms with Gasteiger partial charge in [0.05, 0.1) is 0 Å². The van der Waals surface area contributed by atoms with Crippen LogP contribution in [0.5, 0.6) is 0 Å². The highest BCUT2D eigenvalue weighted by atomic mass is 32.1. The molecule has 2 saturated heterocycles. The summed E-state index contributed by atoms with van der Waals surface area (Å²) < 4.78 is 1.23. The molecule has 1 aromatic carbocycles. The van der Waals surface area contributed by atoms with E-state index in [1.165, 1.54) is 17.5 Å². The number of fused-ring (bicyclic) bond motifs is 3. The lowest BCUT2D eigenvalue weighted by atomic mass is 9.95. The number of hydrogen-bond donors (Lipinski definition) is 2. The maximum absolute atomic E-state index is 12.3. The van der Waals surface area contributed by atoms with E-state index in [1.807, 2.05) is 18.2 Å². The van der Waals surface area contributed by atoms with Crippen LogP contribution in [0, 0.1) is 0 Å². The summed E-state index contributed by atoms with van der Waals surface area (Å²) in [4.78, 5) is 12.3. The summed E-state index contributed by atoms with van der Waals surface area (Å²) in [5.41, 5.74) is 0.772. The largest absolute Gasteiger partial charge is 0.348 e. The normalized spacial score (nSPS) is 28.9. The van der Waals surface area contributed by atoms with Gasteiger partial charge in [-0.1, -0.05) is 0 Å². The molecule has 3 atom stereocenters.